The van der Waals surface area contributed by atoms with E-state index in [-0.39, 0.29) is 53.8 Å². The number of ether oxygens (including phenoxy) is 8. The summed E-state index contributed by atoms with van der Waals surface area (Å²) in [5, 5.41) is 105. The van der Waals surface area contributed by atoms with Crippen LogP contribution in [0.4, 0.5) is 0 Å². The summed E-state index contributed by atoms with van der Waals surface area (Å²) >= 11 is 0. The lowest BCUT2D eigenvalue weighted by atomic mass is 9.43. The molecule has 10 N–H and O–H groups in total. The van der Waals surface area contributed by atoms with E-state index in [1.54, 1.807) is 7.11 Å². The average Bonchev–Trinajstić information content (AvgIpc) is 3.72. The summed E-state index contributed by atoms with van der Waals surface area (Å²) in [6.45, 7) is 11.9. The summed E-state index contributed by atoms with van der Waals surface area (Å²) in [6, 6.07) is 0. The second-order valence-corrected chi connectivity index (χ2v) is 20.8. The van der Waals surface area contributed by atoms with Gasteiger partial charge in [-0.2, -0.15) is 0 Å². The quantitative estimate of drug-likeness (QED) is 0.110. The Morgan fingerprint density at radius 1 is 0.762 bits per heavy atom. The van der Waals surface area contributed by atoms with Gasteiger partial charge in [0.25, 0.3) is 0 Å². The van der Waals surface area contributed by atoms with E-state index in [0.29, 0.717) is 43.1 Å². The first-order valence-corrected chi connectivity index (χ1v) is 23.3. The number of aliphatic hydroxyl groups excluding tert-OH is 10. The van der Waals surface area contributed by atoms with Gasteiger partial charge in [-0.3, -0.25) is 0 Å². The van der Waals surface area contributed by atoms with E-state index in [2.05, 4.69) is 27.4 Å². The summed E-state index contributed by atoms with van der Waals surface area (Å²) in [5.74, 6) is 0.547. The predicted octanol–water partition coefficient (Wildman–Crippen LogP) is -0.567. The Balaban J connectivity index is 0.943. The summed E-state index contributed by atoms with van der Waals surface area (Å²) in [5.41, 5.74) is 0.284. The molecule has 18 heteroatoms. The highest BCUT2D eigenvalue weighted by Gasteiger charge is 2.70. The molecule has 0 aromatic carbocycles. The van der Waals surface area contributed by atoms with Crippen molar-refractivity contribution in [2.45, 2.75) is 196 Å². The third-order valence-electron chi connectivity index (χ3n) is 17.7. The Kier molecular flexibility index (Phi) is 14.2. The molecular weight excluding hydrogens is 828 g/mol. The first-order valence-electron chi connectivity index (χ1n) is 23.3. The normalized spacial score (nSPS) is 55.7. The molecule has 4 saturated carbocycles. The van der Waals surface area contributed by atoms with E-state index < -0.39 is 111 Å². The van der Waals surface area contributed by atoms with Crippen LogP contribution in [-0.2, 0) is 37.9 Å². The molecule has 8 rings (SSSR count). The van der Waals surface area contributed by atoms with Gasteiger partial charge in [-0.1, -0.05) is 32.9 Å². The van der Waals surface area contributed by atoms with E-state index in [1.165, 1.54) is 6.92 Å². The largest absolute Gasteiger partial charge is 0.394 e. The fourth-order valence-corrected chi connectivity index (χ4v) is 14.1. The molecule has 362 valence electrons. The minimum atomic E-state index is -1.64. The molecule has 0 radical (unpaired) electrons. The second kappa shape index (κ2) is 18.5. The monoisotopic (exact) mass is 902 g/mol. The molecule has 4 heterocycles. The van der Waals surface area contributed by atoms with E-state index in [0.717, 1.165) is 32.1 Å². The van der Waals surface area contributed by atoms with Gasteiger partial charge in [-0.05, 0) is 92.3 Å². The molecule has 18 nitrogen and oxygen atoms in total. The Bertz CT molecular complexity index is 1590. The SMILES string of the molecule is C=C(CCC1(OC)O[C@H]2C[C@H]3[C@@H]4CC[C@H]5C[C@H](O)C[C@@H](O[C@@H]6OC[C@H](O)[C@H](O)[C@H]6O[C@@H]6O[C@@H](C)[C@H](O)[C@@H](O)[C@H]6O)[C@]5(C)[C@H]4CC[C@]3(C)[C@H]2[C@@H]1C)CO[C@@H]1O[C@H](CO)[C@@H](O)[C@H](O)[C@H]1O. The smallest absolute Gasteiger partial charge is 0.187 e. The summed E-state index contributed by atoms with van der Waals surface area (Å²) in [7, 11) is 1.69. The summed E-state index contributed by atoms with van der Waals surface area (Å²) < 4.78 is 49.2. The van der Waals surface area contributed by atoms with Gasteiger partial charge < -0.3 is 89.0 Å². The number of fused-ring (bicyclic) bond motifs is 7. The molecule has 4 aliphatic heterocycles. The van der Waals surface area contributed by atoms with Crippen LogP contribution in [-0.4, -0.2) is 188 Å². The third-order valence-corrected chi connectivity index (χ3v) is 17.7. The maximum atomic E-state index is 11.3. The molecule has 26 atom stereocenters. The third kappa shape index (κ3) is 8.30. The zero-order valence-electron chi connectivity index (χ0n) is 37.2. The van der Waals surface area contributed by atoms with E-state index in [9.17, 15) is 51.1 Å². The highest BCUT2D eigenvalue weighted by molar-refractivity contribution is 5.17. The first kappa shape index (κ1) is 48.5. The zero-order chi connectivity index (χ0) is 45.5. The van der Waals surface area contributed by atoms with Gasteiger partial charge in [-0.25, -0.2) is 0 Å². The molecule has 0 aromatic rings. The van der Waals surface area contributed by atoms with Gasteiger partial charge in [0.15, 0.2) is 24.7 Å². The van der Waals surface area contributed by atoms with Crippen LogP contribution in [0.3, 0.4) is 0 Å². The number of hydrogen-bond acceptors (Lipinski definition) is 18. The maximum absolute atomic E-state index is 11.3. The first-order chi connectivity index (χ1) is 29.8. The van der Waals surface area contributed by atoms with Crippen molar-refractivity contribution >= 4 is 0 Å². The minimum absolute atomic E-state index is 0.0175. The van der Waals surface area contributed by atoms with Gasteiger partial charge >= 0.3 is 0 Å². The van der Waals surface area contributed by atoms with Crippen molar-refractivity contribution in [2.24, 2.45) is 46.3 Å². The van der Waals surface area contributed by atoms with Crippen molar-refractivity contribution in [3.05, 3.63) is 12.2 Å². The van der Waals surface area contributed by atoms with Gasteiger partial charge in [0.1, 0.15) is 61.0 Å². The molecule has 0 bridgehead atoms. The van der Waals surface area contributed by atoms with Gasteiger partial charge in [0.05, 0.1) is 44.2 Å². The molecule has 0 spiro atoms. The van der Waals surface area contributed by atoms with Gasteiger partial charge in [0, 0.05) is 25.9 Å². The van der Waals surface area contributed by atoms with Crippen LogP contribution in [0, 0.1) is 46.3 Å². The van der Waals surface area contributed by atoms with Crippen LogP contribution in [0.1, 0.15) is 85.5 Å². The van der Waals surface area contributed by atoms with Crippen molar-refractivity contribution in [3.8, 4) is 0 Å². The number of methoxy groups -OCH3 is 1. The van der Waals surface area contributed by atoms with Crippen molar-refractivity contribution < 1.29 is 89.0 Å². The zero-order valence-corrected chi connectivity index (χ0v) is 37.2. The van der Waals surface area contributed by atoms with E-state index >= 15 is 0 Å². The molecular formula is C45H74O18. The van der Waals surface area contributed by atoms with Crippen molar-refractivity contribution in [1.29, 1.82) is 0 Å². The van der Waals surface area contributed by atoms with Crippen LogP contribution < -0.4 is 0 Å². The number of aliphatic hydroxyl groups is 10. The highest BCUT2D eigenvalue weighted by atomic mass is 16.8. The van der Waals surface area contributed by atoms with Gasteiger partial charge in [0.2, 0.25) is 0 Å². The van der Waals surface area contributed by atoms with Crippen LogP contribution in [0.2, 0.25) is 0 Å². The van der Waals surface area contributed by atoms with Crippen LogP contribution in [0.15, 0.2) is 12.2 Å². The van der Waals surface area contributed by atoms with Gasteiger partial charge in [-0.15, -0.1) is 0 Å². The fourth-order valence-electron chi connectivity index (χ4n) is 14.1. The Morgan fingerprint density at radius 2 is 1.48 bits per heavy atom. The molecule has 63 heavy (non-hydrogen) atoms. The van der Waals surface area contributed by atoms with E-state index in [1.807, 2.05) is 0 Å². The Morgan fingerprint density at radius 3 is 2.19 bits per heavy atom. The lowest BCUT2D eigenvalue weighted by molar-refractivity contribution is -0.366. The average molecular weight is 903 g/mol. The molecule has 0 aromatic heterocycles. The standard InChI is InChI=1S/C45H74O18/c1-19(17-57-40-37(54)36(53)34(51)29(16-46)60-40)9-12-45(56-6)20(2)31-28(63-45)15-26-24-8-7-22-13-23(47)14-30(44(22,5)25(24)10-11-43(26,31)4)61-42-39(33(50)27(48)18-58-42)62-41-38(55)35(52)32(49)21(3)59-41/h20-42,46-55H,1,7-18H2,2-6H3/t20-,21-,22-,23-,24+,25-,26-,27-,28-,29+,30+,31-,32-,33-,34+,35+,36-,37+,38+,39+,40+,41-,42-,43-,44-,45?/m0/s1. The topological polar surface area (TPSA) is 276 Å². The molecule has 4 aliphatic carbocycles. The highest BCUT2D eigenvalue weighted by Crippen LogP contribution is 2.71. The lowest BCUT2D eigenvalue weighted by Gasteiger charge is -2.63. The number of rotatable bonds is 12. The molecule has 1 unspecified atom stereocenters. The van der Waals surface area contributed by atoms with E-state index in [4.69, 9.17) is 37.9 Å². The van der Waals surface area contributed by atoms with Crippen molar-refractivity contribution in [1.82, 2.24) is 0 Å². The second-order valence-electron chi connectivity index (χ2n) is 20.8. The molecule has 4 saturated heterocycles. The molecule has 8 aliphatic rings. The van der Waals surface area contributed by atoms with Crippen molar-refractivity contribution in [3.63, 3.8) is 0 Å². The summed E-state index contributed by atoms with van der Waals surface area (Å²) in [6.07, 6.45) is -13.5. The van der Waals surface area contributed by atoms with Crippen LogP contribution in [0.5, 0.6) is 0 Å². The Hall–Kier alpha value is -0.980. The van der Waals surface area contributed by atoms with Crippen LogP contribution >= 0.6 is 0 Å². The number of hydrogen-bond donors (Lipinski definition) is 10. The predicted molar refractivity (Wildman–Crippen MR) is 218 cm³/mol. The fraction of sp³-hybridized carbons (Fsp3) is 0.956. The minimum Gasteiger partial charge on any atom is -0.394 e. The lowest BCUT2D eigenvalue weighted by Crippen LogP contribution is -2.64. The Labute approximate surface area is 369 Å². The molecule has 8 fully saturated rings. The maximum Gasteiger partial charge on any atom is 0.187 e. The van der Waals surface area contributed by atoms with Crippen molar-refractivity contribution in [2.75, 3.05) is 26.9 Å². The van der Waals surface area contributed by atoms with Crippen LogP contribution in [0.25, 0.3) is 0 Å². The molecule has 0 amide bonds. The summed E-state index contributed by atoms with van der Waals surface area (Å²) in [4.78, 5) is 0.